The summed E-state index contributed by atoms with van der Waals surface area (Å²) < 4.78 is 46.5. The number of hydrogen-bond donors (Lipinski definition) is 1. The van der Waals surface area contributed by atoms with Crippen LogP contribution in [0.3, 0.4) is 0 Å². The summed E-state index contributed by atoms with van der Waals surface area (Å²) in [6.45, 7) is -0.102. The zero-order chi connectivity index (χ0) is 21.7. The van der Waals surface area contributed by atoms with E-state index in [4.69, 9.17) is 16.3 Å². The van der Waals surface area contributed by atoms with Gasteiger partial charge in [0.05, 0.1) is 10.7 Å². The van der Waals surface area contributed by atoms with Crippen LogP contribution in [0.4, 0.5) is 13.2 Å². The van der Waals surface area contributed by atoms with E-state index < -0.39 is 24.4 Å². The Morgan fingerprint density at radius 3 is 2.53 bits per heavy atom. The van der Waals surface area contributed by atoms with Crippen molar-refractivity contribution < 1.29 is 22.7 Å². The molecule has 5 nitrogen and oxygen atoms in total. The summed E-state index contributed by atoms with van der Waals surface area (Å²) in [5, 5.41) is 6.41. The van der Waals surface area contributed by atoms with E-state index in [1.165, 1.54) is 12.1 Å². The summed E-state index contributed by atoms with van der Waals surface area (Å²) in [6.07, 6.45) is -4.06. The molecule has 3 aromatic rings. The topological polar surface area (TPSA) is 56.1 Å². The minimum Gasteiger partial charge on any atom is -0.467 e. The summed E-state index contributed by atoms with van der Waals surface area (Å²) in [7, 11) is 0. The number of ether oxygens (including phenoxy) is 1. The van der Waals surface area contributed by atoms with Gasteiger partial charge in [-0.3, -0.25) is 4.79 Å². The van der Waals surface area contributed by atoms with Crippen molar-refractivity contribution in [3.63, 3.8) is 0 Å². The van der Waals surface area contributed by atoms with Crippen molar-refractivity contribution in [3.8, 4) is 11.6 Å². The second kappa shape index (κ2) is 9.53. The molecule has 0 unspecified atom stereocenters. The standard InChI is InChI=1S/C20H16BrClF3N3O2/c21-14-7-5-13(6-8-14)9-10-26-18(29)12-30-19-11-17(20(23,24)25)27-28(19)16-4-2-1-3-15(16)22/h1-8,11H,9-10,12H2,(H,26,29). The Bertz CT molecular complexity index is 1020. The van der Waals surface area contributed by atoms with Gasteiger partial charge in [-0.25, -0.2) is 0 Å². The number of benzene rings is 2. The average Bonchev–Trinajstić information content (AvgIpc) is 3.13. The number of rotatable bonds is 7. The summed E-state index contributed by atoms with van der Waals surface area (Å²) in [5.74, 6) is -0.703. The minimum absolute atomic E-state index is 0.193. The molecule has 1 heterocycles. The van der Waals surface area contributed by atoms with Crippen LogP contribution in [0.25, 0.3) is 5.69 Å². The van der Waals surface area contributed by atoms with Gasteiger partial charge in [0.1, 0.15) is 0 Å². The monoisotopic (exact) mass is 501 g/mol. The van der Waals surface area contributed by atoms with E-state index in [0.717, 1.165) is 20.8 Å². The highest BCUT2D eigenvalue weighted by molar-refractivity contribution is 9.10. The van der Waals surface area contributed by atoms with Gasteiger partial charge >= 0.3 is 6.18 Å². The zero-order valence-electron chi connectivity index (χ0n) is 15.4. The molecule has 2 aromatic carbocycles. The molecule has 0 aliphatic heterocycles. The first-order valence-corrected chi connectivity index (χ1v) is 9.97. The first-order chi connectivity index (χ1) is 14.2. The van der Waals surface area contributed by atoms with Crippen LogP contribution in [-0.2, 0) is 17.4 Å². The van der Waals surface area contributed by atoms with Gasteiger partial charge in [-0.05, 0) is 36.2 Å². The lowest BCUT2D eigenvalue weighted by atomic mass is 10.1. The number of nitrogens with zero attached hydrogens (tertiary/aromatic N) is 2. The maximum absolute atomic E-state index is 13.1. The molecule has 30 heavy (non-hydrogen) atoms. The fraction of sp³-hybridized carbons (Fsp3) is 0.200. The molecule has 0 radical (unpaired) electrons. The van der Waals surface area contributed by atoms with Crippen molar-refractivity contribution in [2.45, 2.75) is 12.6 Å². The lowest BCUT2D eigenvalue weighted by Gasteiger charge is -2.10. The van der Waals surface area contributed by atoms with E-state index in [1.807, 2.05) is 24.3 Å². The second-order valence-corrected chi connectivity index (χ2v) is 7.57. The van der Waals surface area contributed by atoms with E-state index >= 15 is 0 Å². The summed E-state index contributed by atoms with van der Waals surface area (Å²) in [4.78, 5) is 12.1. The maximum Gasteiger partial charge on any atom is 0.435 e. The normalized spacial score (nSPS) is 11.4. The summed E-state index contributed by atoms with van der Waals surface area (Å²) in [5.41, 5.74) is 0.0967. The fourth-order valence-corrected chi connectivity index (χ4v) is 3.07. The van der Waals surface area contributed by atoms with Gasteiger partial charge in [-0.15, -0.1) is 0 Å². The van der Waals surface area contributed by atoms with E-state index in [9.17, 15) is 18.0 Å². The highest BCUT2D eigenvalue weighted by Crippen LogP contribution is 2.33. The molecule has 10 heteroatoms. The minimum atomic E-state index is -4.67. The number of aromatic nitrogens is 2. The zero-order valence-corrected chi connectivity index (χ0v) is 17.8. The fourth-order valence-electron chi connectivity index (χ4n) is 2.59. The van der Waals surface area contributed by atoms with Gasteiger partial charge in [-0.2, -0.15) is 23.0 Å². The van der Waals surface area contributed by atoms with Crippen LogP contribution in [0.1, 0.15) is 11.3 Å². The molecule has 158 valence electrons. The molecule has 1 amide bonds. The van der Waals surface area contributed by atoms with Crippen molar-refractivity contribution in [3.05, 3.63) is 75.4 Å². The Morgan fingerprint density at radius 2 is 1.87 bits per heavy atom. The molecule has 0 bridgehead atoms. The lowest BCUT2D eigenvalue weighted by Crippen LogP contribution is -2.30. The third-order valence-corrected chi connectivity index (χ3v) is 4.90. The molecule has 0 saturated carbocycles. The number of carbonyl (C=O) groups excluding carboxylic acids is 1. The molecule has 1 N–H and O–H groups in total. The first-order valence-electron chi connectivity index (χ1n) is 8.80. The third-order valence-electron chi connectivity index (χ3n) is 4.05. The van der Waals surface area contributed by atoms with Crippen LogP contribution in [0.2, 0.25) is 5.02 Å². The van der Waals surface area contributed by atoms with E-state index in [1.54, 1.807) is 12.1 Å². The van der Waals surface area contributed by atoms with Crippen LogP contribution in [0.15, 0.2) is 59.1 Å². The Hall–Kier alpha value is -2.52. The lowest BCUT2D eigenvalue weighted by molar-refractivity contribution is -0.141. The number of halogens is 5. The highest BCUT2D eigenvalue weighted by atomic mass is 79.9. The summed E-state index contributed by atoms with van der Waals surface area (Å²) >= 11 is 9.42. The molecular formula is C20H16BrClF3N3O2. The Kier molecular flexibility index (Phi) is 7.04. The van der Waals surface area contributed by atoms with E-state index in [2.05, 4.69) is 26.3 Å². The average molecular weight is 503 g/mol. The number of hydrogen-bond acceptors (Lipinski definition) is 3. The predicted molar refractivity (Wildman–Crippen MR) is 110 cm³/mol. The number of nitrogens with one attached hydrogen (secondary N) is 1. The molecule has 0 saturated heterocycles. The van der Waals surface area contributed by atoms with Crippen LogP contribution < -0.4 is 10.1 Å². The van der Waals surface area contributed by atoms with Crippen LogP contribution in [0.5, 0.6) is 5.88 Å². The molecule has 0 spiro atoms. The number of carbonyl (C=O) groups is 1. The van der Waals surface area contributed by atoms with Gasteiger partial charge in [0, 0.05) is 17.1 Å². The van der Waals surface area contributed by atoms with Gasteiger partial charge < -0.3 is 10.1 Å². The van der Waals surface area contributed by atoms with E-state index in [-0.39, 0.29) is 16.6 Å². The number of amides is 1. The number of para-hydroxylation sites is 1. The Morgan fingerprint density at radius 1 is 1.17 bits per heavy atom. The smallest absolute Gasteiger partial charge is 0.435 e. The van der Waals surface area contributed by atoms with Gasteiger partial charge in [0.2, 0.25) is 5.88 Å². The van der Waals surface area contributed by atoms with Crippen LogP contribution in [0, 0.1) is 0 Å². The Labute approximate surface area is 183 Å². The Balaban J connectivity index is 1.65. The maximum atomic E-state index is 13.1. The molecule has 3 rings (SSSR count). The molecule has 0 fully saturated rings. The molecular weight excluding hydrogens is 487 g/mol. The molecule has 0 atom stereocenters. The first kappa shape index (κ1) is 22.2. The molecule has 1 aromatic heterocycles. The molecule has 0 aliphatic rings. The number of alkyl halides is 3. The predicted octanol–water partition coefficient (Wildman–Crippen LogP) is 5.04. The van der Waals surface area contributed by atoms with Gasteiger partial charge in [-0.1, -0.05) is 51.8 Å². The van der Waals surface area contributed by atoms with Crippen molar-refractivity contribution in [1.82, 2.24) is 15.1 Å². The van der Waals surface area contributed by atoms with Gasteiger partial charge in [0.15, 0.2) is 12.3 Å². The van der Waals surface area contributed by atoms with Crippen LogP contribution >= 0.6 is 27.5 Å². The molecule has 0 aliphatic carbocycles. The van der Waals surface area contributed by atoms with Crippen LogP contribution in [-0.4, -0.2) is 28.8 Å². The van der Waals surface area contributed by atoms with E-state index in [0.29, 0.717) is 13.0 Å². The summed E-state index contributed by atoms with van der Waals surface area (Å²) in [6, 6.07) is 14.6. The quantitative estimate of drug-likeness (QED) is 0.492. The SMILES string of the molecule is O=C(COc1cc(C(F)(F)F)nn1-c1ccccc1Cl)NCCc1ccc(Br)cc1. The van der Waals surface area contributed by atoms with Crippen molar-refractivity contribution >= 4 is 33.4 Å². The third kappa shape index (κ3) is 5.76. The van der Waals surface area contributed by atoms with Crippen molar-refractivity contribution in [2.24, 2.45) is 0 Å². The van der Waals surface area contributed by atoms with Gasteiger partial charge in [0.25, 0.3) is 5.91 Å². The highest BCUT2D eigenvalue weighted by Gasteiger charge is 2.35. The second-order valence-electron chi connectivity index (χ2n) is 6.24. The largest absolute Gasteiger partial charge is 0.467 e. The van der Waals surface area contributed by atoms with Crippen molar-refractivity contribution in [1.29, 1.82) is 0 Å². The van der Waals surface area contributed by atoms with Crippen molar-refractivity contribution in [2.75, 3.05) is 13.2 Å².